The fraction of sp³-hybridized carbons (Fsp3) is 0.176. The molecule has 1 atom stereocenters. The summed E-state index contributed by atoms with van der Waals surface area (Å²) in [6, 6.07) is 11.0. The summed E-state index contributed by atoms with van der Waals surface area (Å²) in [4.78, 5) is 5.37. The highest BCUT2D eigenvalue weighted by atomic mass is 35.5. The minimum absolute atomic E-state index is 0.0768. The van der Waals surface area contributed by atoms with Gasteiger partial charge in [0.25, 0.3) is 5.89 Å². The Labute approximate surface area is 168 Å². The number of H-pyrrole nitrogens is 1. The molecule has 0 spiro atoms. The Kier molecular flexibility index (Phi) is 5.42. The van der Waals surface area contributed by atoms with E-state index >= 15 is 0 Å². The average molecular weight is 420 g/mol. The summed E-state index contributed by atoms with van der Waals surface area (Å²) in [6.07, 6.45) is 0. The van der Waals surface area contributed by atoms with Gasteiger partial charge in [-0.15, -0.1) is 26.6 Å². The summed E-state index contributed by atoms with van der Waals surface area (Å²) >= 11 is 8.85. The predicted octanol–water partition coefficient (Wildman–Crippen LogP) is 5.00. The van der Waals surface area contributed by atoms with Crippen molar-refractivity contribution in [2.45, 2.75) is 23.9 Å². The highest BCUT2D eigenvalue weighted by molar-refractivity contribution is 7.99. The Bertz CT molecular complexity index is 1000. The van der Waals surface area contributed by atoms with Gasteiger partial charge in [-0.3, -0.25) is 5.10 Å². The van der Waals surface area contributed by atoms with Crippen molar-refractivity contribution in [2.75, 3.05) is 0 Å². The van der Waals surface area contributed by atoms with Crippen LogP contribution in [-0.4, -0.2) is 25.4 Å². The summed E-state index contributed by atoms with van der Waals surface area (Å²) < 4.78 is 11.4. The first-order valence-corrected chi connectivity index (χ1v) is 10.1. The quantitative estimate of drug-likeness (QED) is 0.421. The second-order valence-corrected chi connectivity index (χ2v) is 8.18. The molecule has 27 heavy (non-hydrogen) atoms. The van der Waals surface area contributed by atoms with Crippen molar-refractivity contribution in [3.05, 3.63) is 58.5 Å². The van der Waals surface area contributed by atoms with E-state index in [4.69, 9.17) is 20.8 Å². The Morgan fingerprint density at radius 3 is 2.89 bits per heavy atom. The van der Waals surface area contributed by atoms with Crippen LogP contribution in [0.1, 0.15) is 23.9 Å². The Hall–Kier alpha value is -2.36. The van der Waals surface area contributed by atoms with E-state index in [1.54, 1.807) is 35.6 Å². The molecule has 0 aliphatic carbocycles. The minimum atomic E-state index is -0.0768. The molecule has 1 unspecified atom stereocenters. The van der Waals surface area contributed by atoms with Crippen molar-refractivity contribution in [1.82, 2.24) is 25.4 Å². The smallest absolute Gasteiger partial charge is 0.257 e. The van der Waals surface area contributed by atoms with Gasteiger partial charge >= 0.3 is 0 Å². The van der Waals surface area contributed by atoms with Crippen molar-refractivity contribution >= 4 is 34.7 Å². The van der Waals surface area contributed by atoms with Crippen molar-refractivity contribution in [3.8, 4) is 16.5 Å². The number of nitrogens with one attached hydrogen (secondary N) is 1. The molecular formula is C17H14ClN5O2S2. The Morgan fingerprint density at radius 2 is 2.11 bits per heavy atom. The lowest BCUT2D eigenvalue weighted by Crippen LogP contribution is -1.97. The first-order chi connectivity index (χ1) is 13.2. The topological polar surface area (TPSA) is 89.7 Å². The number of aromatic amines is 1. The molecule has 0 fully saturated rings. The summed E-state index contributed by atoms with van der Waals surface area (Å²) in [6.45, 7) is 2.25. The molecule has 3 heterocycles. The zero-order chi connectivity index (χ0) is 18.6. The number of benzene rings is 1. The normalized spacial score (nSPS) is 12.2. The molecule has 0 radical (unpaired) electrons. The van der Waals surface area contributed by atoms with Crippen molar-refractivity contribution in [3.63, 3.8) is 0 Å². The SMILES string of the molecule is CC(Sc1n[nH]c(COc2ccc(Cl)cc2)n1)c1nnc(-c2cccs2)o1. The third-order valence-corrected chi connectivity index (χ3v) is 5.56. The molecule has 7 nitrogen and oxygen atoms in total. The summed E-state index contributed by atoms with van der Waals surface area (Å²) in [5, 5.41) is 18.5. The van der Waals surface area contributed by atoms with Crippen LogP contribution in [-0.2, 0) is 6.61 Å². The molecule has 0 saturated heterocycles. The first kappa shape index (κ1) is 18.0. The number of halogens is 1. The largest absolute Gasteiger partial charge is 0.486 e. The molecule has 0 bridgehead atoms. The lowest BCUT2D eigenvalue weighted by atomic mass is 10.3. The van der Waals surface area contributed by atoms with E-state index in [0.717, 1.165) is 4.88 Å². The van der Waals surface area contributed by atoms with Gasteiger partial charge in [-0.05, 0) is 42.6 Å². The molecule has 3 aromatic heterocycles. The fourth-order valence-electron chi connectivity index (χ4n) is 2.18. The maximum Gasteiger partial charge on any atom is 0.257 e. The maximum atomic E-state index is 5.86. The zero-order valence-corrected chi connectivity index (χ0v) is 16.5. The molecule has 1 aromatic carbocycles. The molecule has 1 N–H and O–H groups in total. The van der Waals surface area contributed by atoms with Gasteiger partial charge in [-0.1, -0.05) is 29.4 Å². The maximum absolute atomic E-state index is 5.86. The predicted molar refractivity (Wildman–Crippen MR) is 104 cm³/mol. The Morgan fingerprint density at radius 1 is 1.26 bits per heavy atom. The molecule has 0 saturated carbocycles. The van der Waals surface area contributed by atoms with Gasteiger partial charge in [-0.2, -0.15) is 0 Å². The van der Waals surface area contributed by atoms with Gasteiger partial charge in [0.05, 0.1) is 10.1 Å². The van der Waals surface area contributed by atoms with Gasteiger partial charge in [-0.25, -0.2) is 4.98 Å². The fourth-order valence-corrected chi connectivity index (χ4v) is 3.73. The molecule has 10 heteroatoms. The van der Waals surface area contributed by atoms with Crippen LogP contribution >= 0.6 is 34.7 Å². The van der Waals surface area contributed by atoms with Gasteiger partial charge < -0.3 is 9.15 Å². The number of thioether (sulfide) groups is 1. The third-order valence-electron chi connectivity index (χ3n) is 3.50. The van der Waals surface area contributed by atoms with E-state index in [-0.39, 0.29) is 11.9 Å². The number of hydrogen-bond donors (Lipinski definition) is 1. The van der Waals surface area contributed by atoms with Crippen molar-refractivity contribution in [2.24, 2.45) is 0 Å². The van der Waals surface area contributed by atoms with Crippen LogP contribution in [0, 0.1) is 0 Å². The van der Waals surface area contributed by atoms with Crippen molar-refractivity contribution in [1.29, 1.82) is 0 Å². The minimum Gasteiger partial charge on any atom is -0.486 e. The highest BCUT2D eigenvalue weighted by Gasteiger charge is 2.19. The van der Waals surface area contributed by atoms with E-state index in [1.807, 2.05) is 24.4 Å². The van der Waals surface area contributed by atoms with Crippen LogP contribution in [0.2, 0.25) is 5.02 Å². The number of ether oxygens (including phenoxy) is 1. The van der Waals surface area contributed by atoms with Crippen LogP contribution < -0.4 is 4.74 Å². The lowest BCUT2D eigenvalue weighted by molar-refractivity contribution is 0.296. The molecule has 4 rings (SSSR count). The highest BCUT2D eigenvalue weighted by Crippen LogP contribution is 2.34. The summed E-state index contributed by atoms with van der Waals surface area (Å²) in [5.41, 5.74) is 0. The lowest BCUT2D eigenvalue weighted by Gasteiger charge is -2.03. The van der Waals surface area contributed by atoms with E-state index in [0.29, 0.717) is 33.5 Å². The van der Waals surface area contributed by atoms with E-state index < -0.39 is 0 Å². The van der Waals surface area contributed by atoms with Crippen LogP contribution in [0.5, 0.6) is 5.75 Å². The van der Waals surface area contributed by atoms with Gasteiger partial charge in [0.2, 0.25) is 11.0 Å². The van der Waals surface area contributed by atoms with E-state index in [2.05, 4.69) is 25.4 Å². The molecular weight excluding hydrogens is 406 g/mol. The van der Waals surface area contributed by atoms with E-state index in [9.17, 15) is 0 Å². The molecule has 0 aliphatic rings. The molecule has 4 aromatic rings. The molecule has 138 valence electrons. The van der Waals surface area contributed by atoms with Gasteiger partial charge in [0.1, 0.15) is 12.4 Å². The third kappa shape index (κ3) is 4.49. The van der Waals surface area contributed by atoms with Gasteiger partial charge in [0, 0.05) is 5.02 Å². The number of thiophene rings is 1. The standard InChI is InChI=1S/C17H14ClN5O2S2/c1-10(15-21-22-16(25-15)13-3-2-8-26-13)27-17-19-14(20-23-17)9-24-12-6-4-11(18)5-7-12/h2-8,10H,9H2,1H3,(H,19,20,23). The van der Waals surface area contributed by atoms with Crippen LogP contribution in [0.25, 0.3) is 10.8 Å². The molecule has 0 amide bonds. The summed E-state index contributed by atoms with van der Waals surface area (Å²) in [5.74, 6) is 2.40. The first-order valence-electron chi connectivity index (χ1n) is 8.01. The number of aromatic nitrogens is 5. The zero-order valence-electron chi connectivity index (χ0n) is 14.1. The monoisotopic (exact) mass is 419 g/mol. The summed E-state index contributed by atoms with van der Waals surface area (Å²) in [7, 11) is 0. The van der Waals surface area contributed by atoms with E-state index in [1.165, 1.54) is 11.8 Å². The van der Waals surface area contributed by atoms with Crippen LogP contribution in [0.15, 0.2) is 51.4 Å². The van der Waals surface area contributed by atoms with Crippen LogP contribution in [0.4, 0.5) is 0 Å². The second kappa shape index (κ2) is 8.12. The van der Waals surface area contributed by atoms with Crippen LogP contribution in [0.3, 0.4) is 0 Å². The number of hydrogen-bond acceptors (Lipinski definition) is 8. The second-order valence-electron chi connectivity index (χ2n) is 5.49. The Balaban J connectivity index is 1.35. The number of nitrogens with zero attached hydrogens (tertiary/aromatic N) is 4. The van der Waals surface area contributed by atoms with Gasteiger partial charge in [0.15, 0.2) is 5.82 Å². The molecule has 0 aliphatic heterocycles. The average Bonchev–Trinajstić information content (AvgIpc) is 3.42. The van der Waals surface area contributed by atoms with Crippen molar-refractivity contribution < 1.29 is 9.15 Å². The number of rotatable bonds is 7.